The summed E-state index contributed by atoms with van der Waals surface area (Å²) < 4.78 is 26.5. The van der Waals surface area contributed by atoms with Crippen molar-refractivity contribution in [3.8, 4) is 17.4 Å². The lowest BCUT2D eigenvalue weighted by Crippen LogP contribution is -2.10. The Morgan fingerprint density at radius 2 is 2.03 bits per heavy atom. The molecule has 0 aromatic carbocycles. The van der Waals surface area contributed by atoms with Gasteiger partial charge in [-0.2, -0.15) is 9.97 Å². The molecule has 10 nitrogen and oxygen atoms in total. The van der Waals surface area contributed by atoms with Crippen molar-refractivity contribution in [2.75, 3.05) is 26.4 Å². The Hall–Kier alpha value is -3.60. The number of hydrogen-bond donors (Lipinski definition) is 1. The van der Waals surface area contributed by atoms with Crippen LogP contribution in [0.5, 0.6) is 6.01 Å². The van der Waals surface area contributed by atoms with Crippen LogP contribution in [-0.2, 0) is 13.1 Å². The molecule has 156 valence electrons. The largest absolute Gasteiger partial charge is 0.464 e. The van der Waals surface area contributed by atoms with Gasteiger partial charge < -0.3 is 24.5 Å². The van der Waals surface area contributed by atoms with Crippen LogP contribution in [0.1, 0.15) is 18.4 Å². The maximum atomic E-state index is 13.8. The number of nitrogens with two attached hydrogens (primary N) is 1. The fourth-order valence-corrected chi connectivity index (χ4v) is 3.08. The van der Waals surface area contributed by atoms with Crippen molar-refractivity contribution in [1.29, 1.82) is 0 Å². The van der Waals surface area contributed by atoms with Gasteiger partial charge in [0.15, 0.2) is 22.7 Å². The zero-order valence-corrected chi connectivity index (χ0v) is 16.8. The smallest absolute Gasteiger partial charge is 0.320 e. The van der Waals surface area contributed by atoms with E-state index in [4.69, 9.17) is 15.0 Å². The standard InChI is InChI=1S/C19H21FN8O2/c1-4-29-19-24-16(21)15-18(25-19)28(10-14-6-13(26-30-14)9-27(2)3)17(23-15)11-5-12(20)8-22-7-11/h5-8H,4,9-10H2,1-3H3,(H2,21,24,25). The zero-order valence-electron chi connectivity index (χ0n) is 16.8. The number of pyridine rings is 1. The van der Waals surface area contributed by atoms with Crippen LogP contribution in [0.3, 0.4) is 0 Å². The third-order valence-electron chi connectivity index (χ3n) is 4.24. The molecule has 0 saturated heterocycles. The van der Waals surface area contributed by atoms with Crippen LogP contribution >= 0.6 is 0 Å². The number of fused-ring (bicyclic) bond motifs is 1. The minimum Gasteiger partial charge on any atom is -0.464 e. The summed E-state index contributed by atoms with van der Waals surface area (Å²) in [6.45, 7) is 3.10. The van der Waals surface area contributed by atoms with Crippen LogP contribution in [-0.4, -0.2) is 55.3 Å². The molecule has 0 spiro atoms. The van der Waals surface area contributed by atoms with Crippen molar-refractivity contribution in [3.63, 3.8) is 0 Å². The molecule has 0 radical (unpaired) electrons. The van der Waals surface area contributed by atoms with Gasteiger partial charge in [0.2, 0.25) is 0 Å². The van der Waals surface area contributed by atoms with Gasteiger partial charge in [0, 0.05) is 24.4 Å². The quantitative estimate of drug-likeness (QED) is 0.486. The van der Waals surface area contributed by atoms with Gasteiger partial charge in [-0.15, -0.1) is 0 Å². The number of halogens is 1. The average Bonchev–Trinajstić information content (AvgIpc) is 3.27. The summed E-state index contributed by atoms with van der Waals surface area (Å²) in [5.74, 6) is 0.705. The molecule has 30 heavy (non-hydrogen) atoms. The maximum Gasteiger partial charge on any atom is 0.320 e. The molecular weight excluding hydrogens is 391 g/mol. The van der Waals surface area contributed by atoms with E-state index in [9.17, 15) is 4.39 Å². The van der Waals surface area contributed by atoms with Crippen LogP contribution < -0.4 is 10.5 Å². The van der Waals surface area contributed by atoms with E-state index in [1.807, 2.05) is 32.0 Å². The maximum absolute atomic E-state index is 13.8. The number of aromatic nitrogens is 6. The van der Waals surface area contributed by atoms with Crippen LogP contribution in [0.25, 0.3) is 22.6 Å². The van der Waals surface area contributed by atoms with E-state index in [0.717, 1.165) is 11.9 Å². The highest BCUT2D eigenvalue weighted by Crippen LogP contribution is 2.28. The summed E-state index contributed by atoms with van der Waals surface area (Å²) in [4.78, 5) is 19.1. The first kappa shape index (κ1) is 19.7. The van der Waals surface area contributed by atoms with E-state index in [-0.39, 0.29) is 18.4 Å². The SMILES string of the molecule is CCOc1nc(N)c2nc(-c3cncc(F)c3)n(Cc3cc(CN(C)C)no3)c2n1. The lowest BCUT2D eigenvalue weighted by Gasteiger charge is -2.07. The van der Waals surface area contributed by atoms with E-state index in [2.05, 4.69) is 25.1 Å². The molecule has 0 bridgehead atoms. The summed E-state index contributed by atoms with van der Waals surface area (Å²) >= 11 is 0. The van der Waals surface area contributed by atoms with Crippen molar-refractivity contribution in [3.05, 3.63) is 41.8 Å². The Bertz CT molecular complexity index is 1190. The third kappa shape index (κ3) is 3.92. The molecule has 0 amide bonds. The van der Waals surface area contributed by atoms with Gasteiger partial charge in [-0.3, -0.25) is 4.98 Å². The van der Waals surface area contributed by atoms with Crippen molar-refractivity contribution < 1.29 is 13.7 Å². The van der Waals surface area contributed by atoms with Gasteiger partial charge >= 0.3 is 6.01 Å². The molecular formula is C19H21FN8O2. The molecule has 0 aliphatic rings. The summed E-state index contributed by atoms with van der Waals surface area (Å²) in [7, 11) is 3.89. The lowest BCUT2D eigenvalue weighted by molar-refractivity contribution is 0.314. The molecule has 4 heterocycles. The molecule has 0 saturated carbocycles. The van der Waals surface area contributed by atoms with Crippen molar-refractivity contribution >= 4 is 17.0 Å². The molecule has 0 fully saturated rings. The number of imidazole rings is 1. The molecule has 4 aromatic rings. The van der Waals surface area contributed by atoms with Gasteiger partial charge in [0.25, 0.3) is 0 Å². The second kappa shape index (κ2) is 8.03. The highest BCUT2D eigenvalue weighted by molar-refractivity contribution is 5.85. The number of hydrogen-bond acceptors (Lipinski definition) is 9. The minimum absolute atomic E-state index is 0.137. The van der Waals surface area contributed by atoms with Gasteiger partial charge in [0.05, 0.1) is 25.0 Å². The third-order valence-corrected chi connectivity index (χ3v) is 4.24. The Morgan fingerprint density at radius 1 is 1.20 bits per heavy atom. The molecule has 0 unspecified atom stereocenters. The van der Waals surface area contributed by atoms with Gasteiger partial charge in [-0.25, -0.2) is 9.37 Å². The average molecular weight is 412 g/mol. The highest BCUT2D eigenvalue weighted by atomic mass is 19.1. The summed E-state index contributed by atoms with van der Waals surface area (Å²) in [5.41, 5.74) is 8.17. The first-order valence-corrected chi connectivity index (χ1v) is 9.31. The topological polar surface area (TPSA) is 121 Å². The summed E-state index contributed by atoms with van der Waals surface area (Å²) in [6, 6.07) is 3.33. The van der Waals surface area contributed by atoms with E-state index in [0.29, 0.717) is 41.5 Å². The van der Waals surface area contributed by atoms with E-state index in [1.165, 1.54) is 12.3 Å². The zero-order chi connectivity index (χ0) is 21.3. The Balaban J connectivity index is 1.85. The minimum atomic E-state index is -0.479. The first-order valence-electron chi connectivity index (χ1n) is 9.31. The first-order chi connectivity index (χ1) is 14.4. The Kier molecular flexibility index (Phi) is 5.27. The molecule has 0 atom stereocenters. The number of nitrogen functional groups attached to an aromatic ring is 1. The summed E-state index contributed by atoms with van der Waals surface area (Å²) in [6.07, 6.45) is 2.65. The number of anilines is 1. The van der Waals surface area contributed by atoms with Crippen molar-refractivity contribution in [1.82, 2.24) is 34.6 Å². The normalized spacial score (nSPS) is 11.5. The predicted octanol–water partition coefficient (Wildman–Crippen LogP) is 2.11. The molecule has 4 aromatic heterocycles. The Morgan fingerprint density at radius 3 is 2.77 bits per heavy atom. The molecule has 0 aliphatic heterocycles. The van der Waals surface area contributed by atoms with Crippen LogP contribution in [0.15, 0.2) is 29.0 Å². The molecule has 11 heteroatoms. The number of nitrogens with zero attached hydrogens (tertiary/aromatic N) is 7. The summed E-state index contributed by atoms with van der Waals surface area (Å²) in [5, 5.41) is 4.09. The molecule has 4 rings (SSSR count). The van der Waals surface area contributed by atoms with Crippen molar-refractivity contribution in [2.24, 2.45) is 0 Å². The van der Waals surface area contributed by atoms with E-state index >= 15 is 0 Å². The second-order valence-corrected chi connectivity index (χ2v) is 6.93. The van der Waals surface area contributed by atoms with Crippen molar-refractivity contribution in [2.45, 2.75) is 20.0 Å². The van der Waals surface area contributed by atoms with Crippen LogP contribution in [0, 0.1) is 5.82 Å². The second-order valence-electron chi connectivity index (χ2n) is 6.93. The fourth-order valence-electron chi connectivity index (χ4n) is 3.08. The van der Waals surface area contributed by atoms with Crippen LogP contribution in [0.2, 0.25) is 0 Å². The number of ether oxygens (including phenoxy) is 1. The van der Waals surface area contributed by atoms with E-state index < -0.39 is 5.82 Å². The van der Waals surface area contributed by atoms with Gasteiger partial charge in [0.1, 0.15) is 11.6 Å². The number of rotatable bonds is 7. The monoisotopic (exact) mass is 412 g/mol. The Labute approximate surface area is 171 Å². The van der Waals surface area contributed by atoms with E-state index in [1.54, 1.807) is 4.57 Å². The van der Waals surface area contributed by atoms with Gasteiger partial charge in [-0.1, -0.05) is 5.16 Å². The molecule has 2 N–H and O–H groups in total. The lowest BCUT2D eigenvalue weighted by atomic mass is 10.2. The van der Waals surface area contributed by atoms with Crippen LogP contribution in [0.4, 0.5) is 10.2 Å². The van der Waals surface area contributed by atoms with Gasteiger partial charge in [-0.05, 0) is 27.1 Å². The molecule has 0 aliphatic carbocycles. The fraction of sp³-hybridized carbons (Fsp3) is 0.316. The highest BCUT2D eigenvalue weighted by Gasteiger charge is 2.20. The predicted molar refractivity (Wildman–Crippen MR) is 107 cm³/mol.